The lowest BCUT2D eigenvalue weighted by Crippen LogP contribution is -2.69. The maximum Gasteiger partial charge on any atom is 0.264 e. The van der Waals surface area contributed by atoms with Crippen molar-refractivity contribution in [2.24, 2.45) is 0 Å². The second-order valence-electron chi connectivity index (χ2n) is 13.2. The first-order valence-electron chi connectivity index (χ1n) is 15.7. The molecule has 1 saturated heterocycles. The number of ether oxygens (including phenoxy) is 1. The van der Waals surface area contributed by atoms with Crippen LogP contribution in [0.4, 0.5) is 5.82 Å². The summed E-state index contributed by atoms with van der Waals surface area (Å²) in [5.74, 6) is 0.150. The van der Waals surface area contributed by atoms with Gasteiger partial charge >= 0.3 is 0 Å². The number of fused-ring (bicyclic) bond motifs is 1. The fraction of sp³-hybridized carbons (Fsp3) is 0.324. The molecule has 0 bridgehead atoms. The number of sulfone groups is 1. The zero-order valence-corrected chi connectivity index (χ0v) is 30.4. The van der Waals surface area contributed by atoms with Gasteiger partial charge < -0.3 is 14.9 Å². The number of imidazole rings is 1. The van der Waals surface area contributed by atoms with Crippen molar-refractivity contribution in [3.63, 3.8) is 0 Å². The molecule has 4 atom stereocenters. The molecule has 1 fully saturated rings. The molecule has 1 unspecified atom stereocenters. The van der Waals surface area contributed by atoms with E-state index in [1.807, 2.05) is 88.4 Å². The van der Waals surface area contributed by atoms with Crippen molar-refractivity contribution in [1.82, 2.24) is 19.5 Å². The largest absolute Gasteiger partial charge is 0.389 e. The van der Waals surface area contributed by atoms with E-state index in [1.54, 1.807) is 16.7 Å². The lowest BCUT2D eigenvalue weighted by Gasteiger charge is -2.46. The molecular formula is C34H39N5O7S2Si. The smallest absolute Gasteiger partial charge is 0.264 e. The summed E-state index contributed by atoms with van der Waals surface area (Å²) >= 11 is 0. The Morgan fingerprint density at radius 1 is 0.898 bits per heavy atom. The van der Waals surface area contributed by atoms with Gasteiger partial charge in [0.2, 0.25) is 9.84 Å². The second-order valence-corrected chi connectivity index (χ2v) is 21.1. The number of nitrogen functional groups attached to an aromatic ring is 1. The molecular weight excluding hydrogens is 683 g/mol. The molecule has 1 aliphatic heterocycles. The molecule has 3 heterocycles. The average molecular weight is 722 g/mol. The van der Waals surface area contributed by atoms with Crippen LogP contribution < -0.4 is 16.1 Å². The Morgan fingerprint density at radius 3 is 2.04 bits per heavy atom. The summed E-state index contributed by atoms with van der Waals surface area (Å²) in [6.45, 7) is 7.94. The van der Waals surface area contributed by atoms with Crippen LogP contribution in [-0.2, 0) is 33.3 Å². The van der Waals surface area contributed by atoms with Crippen LogP contribution >= 0.6 is 0 Å². The van der Waals surface area contributed by atoms with E-state index < -0.39 is 57.2 Å². The normalized spacial score (nSPS) is 19.7. The van der Waals surface area contributed by atoms with E-state index in [2.05, 4.69) is 15.0 Å². The Hall–Kier alpha value is -3.99. The quantitative estimate of drug-likeness (QED) is 0.165. The van der Waals surface area contributed by atoms with Gasteiger partial charge in [-0.1, -0.05) is 99.1 Å². The van der Waals surface area contributed by atoms with Gasteiger partial charge in [0.25, 0.3) is 18.4 Å². The number of nitrogens with zero attached hydrogens (tertiary/aromatic N) is 4. The number of benzene rings is 3. The highest BCUT2D eigenvalue weighted by Crippen LogP contribution is 2.43. The number of hydrogen-bond acceptors (Lipinski definition) is 11. The van der Waals surface area contributed by atoms with Crippen LogP contribution in [0.15, 0.2) is 102 Å². The van der Waals surface area contributed by atoms with E-state index >= 15 is 8.42 Å². The lowest BCUT2D eigenvalue weighted by molar-refractivity contribution is -0.0474. The number of nitrogens with two attached hydrogens (primary N) is 1. The average Bonchev–Trinajstić information content (AvgIpc) is 3.66. The molecule has 49 heavy (non-hydrogen) atoms. The van der Waals surface area contributed by atoms with Gasteiger partial charge in [0.1, 0.15) is 30.3 Å². The van der Waals surface area contributed by atoms with Crippen LogP contribution in [0.25, 0.3) is 11.2 Å². The summed E-state index contributed by atoms with van der Waals surface area (Å²) in [6.07, 6.45) is -0.0171. The van der Waals surface area contributed by atoms with Crippen molar-refractivity contribution in [2.45, 2.75) is 67.9 Å². The van der Waals surface area contributed by atoms with Crippen molar-refractivity contribution in [1.29, 1.82) is 0 Å². The third-order valence-corrected chi connectivity index (χ3v) is 16.4. The number of aryl methyl sites for hydroxylation is 1. The van der Waals surface area contributed by atoms with E-state index in [-0.39, 0.29) is 17.1 Å². The van der Waals surface area contributed by atoms with E-state index in [9.17, 15) is 8.42 Å². The van der Waals surface area contributed by atoms with E-state index in [0.717, 1.165) is 22.2 Å². The first-order chi connectivity index (χ1) is 23.1. The molecule has 0 spiro atoms. The van der Waals surface area contributed by atoms with Gasteiger partial charge in [-0.3, -0.25) is 8.75 Å². The van der Waals surface area contributed by atoms with Gasteiger partial charge in [0, 0.05) is 6.42 Å². The Bertz CT molecular complexity index is 2120. The van der Waals surface area contributed by atoms with Gasteiger partial charge in [0.05, 0.1) is 17.5 Å². The predicted octanol–water partition coefficient (Wildman–Crippen LogP) is 3.73. The summed E-state index contributed by atoms with van der Waals surface area (Å²) in [5, 5.41) is 1.04. The minimum atomic E-state index is -4.40. The summed E-state index contributed by atoms with van der Waals surface area (Å²) in [4.78, 5) is 12.7. The van der Waals surface area contributed by atoms with Crippen molar-refractivity contribution in [3.05, 3.63) is 103 Å². The molecule has 6 rings (SSSR count). The van der Waals surface area contributed by atoms with Gasteiger partial charge in [-0.15, -0.1) is 0 Å². The minimum absolute atomic E-state index is 0.000201. The summed E-state index contributed by atoms with van der Waals surface area (Å²) in [7, 11) is -12.1. The molecule has 0 radical (unpaired) electrons. The zero-order valence-electron chi connectivity index (χ0n) is 27.8. The van der Waals surface area contributed by atoms with Crippen molar-refractivity contribution in [3.8, 4) is 0 Å². The standard InChI is InChI=1S/C34H39N5O7S2Si/c1-23-16-18-24(19-17-23)48(42,43)33(46-49(34(2,3)4,25-12-8-6-9-13-25)26-14-10-7-11-15-26)30-27(45-47(5,40)41)20-28(44-30)39-22-38-29-31(35)36-21-37-32(29)39/h6-19,21-22,27-28,30,33H,20H2,1-5H3,(H2,35,36,37)/t27-,28+,30-,33?/m0/s1. The van der Waals surface area contributed by atoms with Crippen molar-refractivity contribution in [2.75, 3.05) is 12.0 Å². The van der Waals surface area contributed by atoms with Crippen molar-refractivity contribution < 1.29 is 30.2 Å². The van der Waals surface area contributed by atoms with Gasteiger partial charge in [-0.25, -0.2) is 23.4 Å². The molecule has 1 aliphatic rings. The van der Waals surface area contributed by atoms with E-state index in [0.29, 0.717) is 11.2 Å². The van der Waals surface area contributed by atoms with Gasteiger partial charge in [-0.2, -0.15) is 8.42 Å². The SMILES string of the molecule is Cc1ccc(S(=O)(=O)C(O[Si](c2ccccc2)(c2ccccc2)C(C)(C)C)[C@H]2O[C@@H](n3cnc4c(N)ncnc43)C[C@@H]2OS(C)(=O)=O)cc1. The first-order valence-corrected chi connectivity index (χ1v) is 20.9. The molecule has 258 valence electrons. The highest BCUT2D eigenvalue weighted by atomic mass is 32.2. The third-order valence-electron chi connectivity index (χ3n) is 8.74. The highest BCUT2D eigenvalue weighted by molar-refractivity contribution is 7.92. The van der Waals surface area contributed by atoms with E-state index in [1.165, 1.54) is 24.8 Å². The Kier molecular flexibility index (Phi) is 9.28. The first kappa shape index (κ1) is 34.9. The maximum absolute atomic E-state index is 15.0. The second kappa shape index (κ2) is 13.0. The Morgan fingerprint density at radius 2 is 1.49 bits per heavy atom. The molecule has 0 saturated carbocycles. The third kappa shape index (κ3) is 6.66. The highest BCUT2D eigenvalue weighted by Gasteiger charge is 2.57. The molecule has 5 aromatic rings. The molecule has 2 aromatic heterocycles. The summed E-state index contributed by atoms with van der Waals surface area (Å²) < 4.78 is 76.6. The summed E-state index contributed by atoms with van der Waals surface area (Å²) in [6, 6.07) is 25.6. The van der Waals surface area contributed by atoms with E-state index in [4.69, 9.17) is 19.1 Å². The molecule has 12 nitrogen and oxygen atoms in total. The van der Waals surface area contributed by atoms with Crippen LogP contribution in [0.3, 0.4) is 0 Å². The zero-order chi connectivity index (χ0) is 35.2. The Labute approximate surface area is 287 Å². The number of hydrogen-bond donors (Lipinski definition) is 1. The molecule has 0 amide bonds. The minimum Gasteiger partial charge on any atom is -0.389 e. The molecule has 3 aromatic carbocycles. The fourth-order valence-corrected chi connectivity index (χ4v) is 14.0. The summed E-state index contributed by atoms with van der Waals surface area (Å²) in [5.41, 5.74) is 5.85. The number of anilines is 1. The number of rotatable bonds is 10. The molecule has 15 heteroatoms. The molecule has 2 N–H and O–H groups in total. The van der Waals surface area contributed by atoms with Crippen LogP contribution in [0.1, 0.15) is 39.0 Å². The van der Waals surface area contributed by atoms with Crippen LogP contribution in [0.2, 0.25) is 5.04 Å². The topological polar surface area (TPSA) is 166 Å². The van der Waals surface area contributed by atoms with Crippen LogP contribution in [0, 0.1) is 6.92 Å². The van der Waals surface area contributed by atoms with Crippen LogP contribution in [-0.4, -0.2) is 68.6 Å². The van der Waals surface area contributed by atoms with Gasteiger partial charge in [-0.05, 0) is 34.5 Å². The lowest BCUT2D eigenvalue weighted by atomic mass is 10.2. The monoisotopic (exact) mass is 721 g/mol. The maximum atomic E-state index is 15.0. The van der Waals surface area contributed by atoms with Crippen molar-refractivity contribution >= 4 is 55.6 Å². The predicted molar refractivity (Wildman–Crippen MR) is 189 cm³/mol. The fourth-order valence-electron chi connectivity index (χ4n) is 6.51. The van der Waals surface area contributed by atoms with Gasteiger partial charge in [0.15, 0.2) is 16.9 Å². The Balaban J connectivity index is 1.58. The molecule has 0 aliphatic carbocycles. The number of aromatic nitrogens is 4. The van der Waals surface area contributed by atoms with Crippen LogP contribution in [0.5, 0.6) is 0 Å².